The van der Waals surface area contributed by atoms with Gasteiger partial charge in [0.15, 0.2) is 5.78 Å². The molecule has 0 saturated heterocycles. The van der Waals surface area contributed by atoms with E-state index < -0.39 is 0 Å². The van der Waals surface area contributed by atoms with Crippen molar-refractivity contribution in [3.63, 3.8) is 0 Å². The lowest BCUT2D eigenvalue weighted by atomic mass is 10.1. The van der Waals surface area contributed by atoms with Crippen LogP contribution in [0.4, 0.5) is 0 Å². The van der Waals surface area contributed by atoms with E-state index in [4.69, 9.17) is 4.74 Å². The number of nitrogens with zero attached hydrogens (tertiary/aromatic N) is 2. The first kappa shape index (κ1) is 9.96. The zero-order valence-electron chi connectivity index (χ0n) is 8.72. The molecule has 0 fully saturated rings. The summed E-state index contributed by atoms with van der Waals surface area (Å²) < 4.78 is 7.32. The fourth-order valence-corrected chi connectivity index (χ4v) is 1.70. The van der Waals surface area contributed by atoms with Crippen molar-refractivity contribution in [2.45, 2.75) is 32.4 Å². The molecule has 1 aliphatic rings. The summed E-state index contributed by atoms with van der Waals surface area (Å²) in [6.45, 7) is 2.96. The molecule has 15 heavy (non-hydrogen) atoms. The molecule has 1 aliphatic heterocycles. The minimum Gasteiger partial charge on any atom is -0.491 e. The quantitative estimate of drug-likeness (QED) is 0.758. The minimum atomic E-state index is -0.170. The average Bonchev–Trinajstić information content (AvgIpc) is 2.66. The number of ether oxygens (including phenoxy) is 1. The van der Waals surface area contributed by atoms with Crippen LogP contribution in [0.3, 0.4) is 0 Å². The van der Waals surface area contributed by atoms with Gasteiger partial charge in [-0.2, -0.15) is 5.10 Å². The fraction of sp³-hybridized carbons (Fsp3) is 0.455. The Kier molecular flexibility index (Phi) is 2.85. The van der Waals surface area contributed by atoms with Crippen LogP contribution in [0.1, 0.15) is 31.6 Å². The molecule has 4 heteroatoms. The summed E-state index contributed by atoms with van der Waals surface area (Å²) >= 11 is 0. The number of rotatable bonds is 3. The van der Waals surface area contributed by atoms with Crippen molar-refractivity contribution in [2.75, 3.05) is 0 Å². The third-order valence-electron chi connectivity index (χ3n) is 2.40. The van der Waals surface area contributed by atoms with Crippen molar-refractivity contribution in [3.05, 3.63) is 30.3 Å². The van der Waals surface area contributed by atoms with Gasteiger partial charge in [0.2, 0.25) is 0 Å². The Bertz CT molecular complexity index is 382. The van der Waals surface area contributed by atoms with Crippen LogP contribution < -0.4 is 0 Å². The highest BCUT2D eigenvalue weighted by Crippen LogP contribution is 2.24. The second kappa shape index (κ2) is 4.29. The van der Waals surface area contributed by atoms with Crippen LogP contribution in [-0.2, 0) is 16.1 Å². The lowest BCUT2D eigenvalue weighted by Crippen LogP contribution is -2.16. The molecular weight excluding hydrogens is 192 g/mol. The maximum absolute atomic E-state index is 11.2. The lowest BCUT2D eigenvalue weighted by molar-refractivity contribution is -0.118. The molecule has 1 aromatic heterocycles. The van der Waals surface area contributed by atoms with Gasteiger partial charge in [0.25, 0.3) is 0 Å². The van der Waals surface area contributed by atoms with Gasteiger partial charge in [-0.25, -0.2) is 0 Å². The molecule has 2 heterocycles. The summed E-state index contributed by atoms with van der Waals surface area (Å²) in [5, 5.41) is 4.21. The molecule has 0 amide bonds. The molecule has 1 unspecified atom stereocenters. The second-order valence-electron chi connectivity index (χ2n) is 3.58. The zero-order chi connectivity index (χ0) is 10.7. The van der Waals surface area contributed by atoms with Gasteiger partial charge < -0.3 is 4.74 Å². The predicted molar refractivity (Wildman–Crippen MR) is 55.1 cm³/mol. The normalized spacial score (nSPS) is 20.3. The predicted octanol–water partition coefficient (Wildman–Crippen LogP) is 1.84. The van der Waals surface area contributed by atoms with Crippen molar-refractivity contribution in [3.8, 4) is 0 Å². The van der Waals surface area contributed by atoms with E-state index in [0.717, 1.165) is 18.7 Å². The SMILES string of the molecule is CCCn1nccc1C1CC(=O)C=CO1. The van der Waals surface area contributed by atoms with Crippen LogP contribution in [0.5, 0.6) is 0 Å². The van der Waals surface area contributed by atoms with Gasteiger partial charge in [-0.15, -0.1) is 0 Å². The Labute approximate surface area is 88.5 Å². The van der Waals surface area contributed by atoms with Crippen molar-refractivity contribution in [2.24, 2.45) is 0 Å². The largest absolute Gasteiger partial charge is 0.491 e. The summed E-state index contributed by atoms with van der Waals surface area (Å²) in [6, 6.07) is 1.91. The summed E-state index contributed by atoms with van der Waals surface area (Å²) in [5.41, 5.74) is 0.981. The van der Waals surface area contributed by atoms with Crippen LogP contribution in [0.15, 0.2) is 24.6 Å². The average molecular weight is 206 g/mol. The Balaban J connectivity index is 2.18. The molecule has 0 spiro atoms. The van der Waals surface area contributed by atoms with E-state index in [9.17, 15) is 4.79 Å². The third-order valence-corrected chi connectivity index (χ3v) is 2.40. The van der Waals surface area contributed by atoms with E-state index in [1.165, 1.54) is 12.3 Å². The molecule has 4 nitrogen and oxygen atoms in total. The van der Waals surface area contributed by atoms with E-state index in [0.29, 0.717) is 6.42 Å². The summed E-state index contributed by atoms with van der Waals surface area (Å²) in [6.07, 6.45) is 5.95. The zero-order valence-corrected chi connectivity index (χ0v) is 8.72. The molecule has 1 aromatic rings. The number of aromatic nitrogens is 2. The molecule has 0 N–H and O–H groups in total. The Hall–Kier alpha value is -1.58. The monoisotopic (exact) mass is 206 g/mol. The first-order chi connectivity index (χ1) is 7.31. The van der Waals surface area contributed by atoms with Gasteiger partial charge in [-0.3, -0.25) is 9.48 Å². The molecule has 2 rings (SSSR count). The number of carbonyl (C=O) groups is 1. The molecule has 0 aliphatic carbocycles. The highest BCUT2D eigenvalue weighted by atomic mass is 16.5. The first-order valence-electron chi connectivity index (χ1n) is 5.18. The van der Waals surface area contributed by atoms with Crippen molar-refractivity contribution in [1.82, 2.24) is 9.78 Å². The number of ketones is 1. The second-order valence-corrected chi connectivity index (χ2v) is 3.58. The van der Waals surface area contributed by atoms with Crippen LogP contribution >= 0.6 is 0 Å². The van der Waals surface area contributed by atoms with E-state index in [2.05, 4.69) is 12.0 Å². The van der Waals surface area contributed by atoms with Gasteiger partial charge in [-0.05, 0) is 12.5 Å². The van der Waals surface area contributed by atoms with Crippen LogP contribution in [0.25, 0.3) is 0 Å². The number of hydrogen-bond donors (Lipinski definition) is 0. The highest BCUT2D eigenvalue weighted by molar-refractivity contribution is 5.90. The molecule has 0 saturated carbocycles. The fourth-order valence-electron chi connectivity index (χ4n) is 1.70. The van der Waals surface area contributed by atoms with Gasteiger partial charge >= 0.3 is 0 Å². The van der Waals surface area contributed by atoms with E-state index >= 15 is 0 Å². The topological polar surface area (TPSA) is 44.1 Å². The minimum absolute atomic E-state index is 0.107. The van der Waals surface area contributed by atoms with Crippen LogP contribution in [0.2, 0.25) is 0 Å². The molecule has 0 bridgehead atoms. The Morgan fingerprint density at radius 2 is 2.53 bits per heavy atom. The molecule has 0 aromatic carbocycles. The number of hydrogen-bond acceptors (Lipinski definition) is 3. The summed E-state index contributed by atoms with van der Waals surface area (Å²) in [5.74, 6) is 0.107. The van der Waals surface area contributed by atoms with Crippen molar-refractivity contribution >= 4 is 5.78 Å². The Morgan fingerprint density at radius 3 is 3.27 bits per heavy atom. The molecule has 80 valence electrons. The van der Waals surface area contributed by atoms with E-state index in [1.54, 1.807) is 6.20 Å². The van der Waals surface area contributed by atoms with Crippen molar-refractivity contribution in [1.29, 1.82) is 0 Å². The number of aryl methyl sites for hydroxylation is 1. The van der Waals surface area contributed by atoms with Gasteiger partial charge in [0, 0.05) is 18.8 Å². The number of carbonyl (C=O) groups excluding carboxylic acids is 1. The number of allylic oxidation sites excluding steroid dienone is 1. The van der Waals surface area contributed by atoms with Gasteiger partial charge in [-0.1, -0.05) is 6.92 Å². The van der Waals surface area contributed by atoms with Crippen molar-refractivity contribution < 1.29 is 9.53 Å². The summed E-state index contributed by atoms with van der Waals surface area (Å²) in [4.78, 5) is 11.2. The third kappa shape index (κ3) is 2.09. The lowest BCUT2D eigenvalue weighted by Gasteiger charge is -2.19. The van der Waals surface area contributed by atoms with E-state index in [1.807, 2.05) is 10.7 Å². The smallest absolute Gasteiger partial charge is 0.162 e. The highest BCUT2D eigenvalue weighted by Gasteiger charge is 2.21. The molecular formula is C11H14N2O2. The summed E-state index contributed by atoms with van der Waals surface area (Å²) in [7, 11) is 0. The first-order valence-corrected chi connectivity index (χ1v) is 5.18. The van der Waals surface area contributed by atoms with Gasteiger partial charge in [0.05, 0.1) is 18.4 Å². The molecule has 1 atom stereocenters. The van der Waals surface area contributed by atoms with Crippen LogP contribution in [0, 0.1) is 0 Å². The van der Waals surface area contributed by atoms with Gasteiger partial charge in [0.1, 0.15) is 6.10 Å². The Morgan fingerprint density at radius 1 is 1.67 bits per heavy atom. The maximum atomic E-state index is 11.2. The van der Waals surface area contributed by atoms with E-state index in [-0.39, 0.29) is 11.9 Å². The maximum Gasteiger partial charge on any atom is 0.162 e. The molecule has 0 radical (unpaired) electrons. The standard InChI is InChI=1S/C11H14N2O2/c1-2-6-13-10(3-5-12-13)11-8-9(14)4-7-15-11/h3-5,7,11H,2,6,8H2,1H3. The van der Waals surface area contributed by atoms with Crippen LogP contribution in [-0.4, -0.2) is 15.6 Å².